The van der Waals surface area contributed by atoms with Crippen molar-refractivity contribution >= 4 is 28.9 Å². The van der Waals surface area contributed by atoms with Gasteiger partial charge in [0, 0.05) is 18.0 Å². The van der Waals surface area contributed by atoms with Crippen LogP contribution in [-0.4, -0.2) is 28.5 Å². The third kappa shape index (κ3) is 3.00. The summed E-state index contributed by atoms with van der Waals surface area (Å²) in [5, 5.41) is 20.7. The van der Waals surface area contributed by atoms with Crippen LogP contribution < -0.4 is 5.32 Å². The number of nitrogens with one attached hydrogen (secondary N) is 1. The molecule has 1 heterocycles. The molecule has 1 aliphatic carbocycles. The smallest absolute Gasteiger partial charge is 0.174 e. The number of aliphatic hydroxyl groups is 1. The largest absolute Gasteiger partial charge is 0.396 e. The van der Waals surface area contributed by atoms with Crippen LogP contribution in [0.3, 0.4) is 0 Å². The molecule has 1 aromatic rings. The van der Waals surface area contributed by atoms with Gasteiger partial charge in [0.05, 0.1) is 12.3 Å². The molecular weight excluding hydrogens is 261 g/mol. The van der Waals surface area contributed by atoms with Crippen LogP contribution in [0, 0.1) is 5.41 Å². The molecule has 0 unspecified atom stereocenters. The van der Waals surface area contributed by atoms with Crippen molar-refractivity contribution in [1.82, 2.24) is 10.2 Å². The summed E-state index contributed by atoms with van der Waals surface area (Å²) in [6.07, 6.45) is 4.43. The Hall–Kier alpha value is -0.580. The molecule has 4 nitrogen and oxygen atoms in total. The van der Waals surface area contributed by atoms with E-state index in [2.05, 4.69) is 15.5 Å². The van der Waals surface area contributed by atoms with E-state index in [-0.39, 0.29) is 12.0 Å². The molecule has 0 amide bonds. The van der Waals surface area contributed by atoms with Crippen molar-refractivity contribution in [3.8, 4) is 0 Å². The van der Waals surface area contributed by atoms with E-state index in [4.69, 9.17) is 23.2 Å². The van der Waals surface area contributed by atoms with Crippen LogP contribution in [0.1, 0.15) is 25.7 Å². The molecule has 2 rings (SSSR count). The van der Waals surface area contributed by atoms with Gasteiger partial charge in [-0.3, -0.25) is 0 Å². The van der Waals surface area contributed by atoms with Crippen molar-refractivity contribution < 1.29 is 5.11 Å². The fraction of sp³-hybridized carbons (Fsp3) is 0.636. The minimum Gasteiger partial charge on any atom is -0.396 e. The highest BCUT2D eigenvalue weighted by Gasteiger charge is 2.33. The minimum absolute atomic E-state index is 0.0287. The van der Waals surface area contributed by atoms with Crippen LogP contribution in [0.5, 0.6) is 0 Å². The molecule has 0 spiro atoms. The SMILES string of the molecule is OCC1(CNc2cc(Cl)nnc2Cl)CCCC1. The highest BCUT2D eigenvalue weighted by atomic mass is 35.5. The third-order valence-corrected chi connectivity index (χ3v) is 3.84. The predicted molar refractivity (Wildman–Crippen MR) is 68.5 cm³/mol. The van der Waals surface area contributed by atoms with E-state index in [0.29, 0.717) is 22.5 Å². The number of hydrogen-bond acceptors (Lipinski definition) is 4. The molecular formula is C11H15Cl2N3O. The second-order valence-electron chi connectivity index (χ2n) is 4.59. The van der Waals surface area contributed by atoms with Crippen LogP contribution in [0.15, 0.2) is 6.07 Å². The molecule has 17 heavy (non-hydrogen) atoms. The molecule has 0 aromatic carbocycles. The van der Waals surface area contributed by atoms with Gasteiger partial charge in [0.15, 0.2) is 10.3 Å². The number of nitrogens with zero attached hydrogens (tertiary/aromatic N) is 2. The van der Waals surface area contributed by atoms with E-state index in [1.165, 1.54) is 12.8 Å². The number of aromatic nitrogens is 2. The summed E-state index contributed by atoms with van der Waals surface area (Å²) in [6, 6.07) is 1.65. The lowest BCUT2D eigenvalue weighted by molar-refractivity contribution is 0.142. The number of anilines is 1. The lowest BCUT2D eigenvalue weighted by atomic mass is 9.87. The van der Waals surface area contributed by atoms with Gasteiger partial charge in [-0.1, -0.05) is 36.0 Å². The Labute approximate surface area is 110 Å². The average molecular weight is 276 g/mol. The van der Waals surface area contributed by atoms with Gasteiger partial charge < -0.3 is 10.4 Å². The van der Waals surface area contributed by atoms with Crippen LogP contribution in [0.4, 0.5) is 5.69 Å². The molecule has 1 aromatic heterocycles. The lowest BCUT2D eigenvalue weighted by Gasteiger charge is -2.27. The Bertz CT molecular complexity index is 394. The summed E-state index contributed by atoms with van der Waals surface area (Å²) < 4.78 is 0. The van der Waals surface area contributed by atoms with E-state index in [1.807, 2.05) is 0 Å². The minimum atomic E-state index is -0.0287. The molecule has 94 valence electrons. The van der Waals surface area contributed by atoms with Crippen LogP contribution in [-0.2, 0) is 0 Å². The zero-order valence-corrected chi connectivity index (χ0v) is 10.9. The zero-order valence-electron chi connectivity index (χ0n) is 9.42. The maximum atomic E-state index is 9.49. The van der Waals surface area contributed by atoms with Gasteiger partial charge in [-0.25, -0.2) is 0 Å². The average Bonchev–Trinajstić information content (AvgIpc) is 2.80. The second kappa shape index (κ2) is 5.38. The Morgan fingerprint density at radius 2 is 2.00 bits per heavy atom. The molecule has 1 fully saturated rings. The number of aliphatic hydroxyl groups excluding tert-OH is 1. The quantitative estimate of drug-likeness (QED) is 0.887. The first-order chi connectivity index (χ1) is 8.15. The summed E-state index contributed by atoms with van der Waals surface area (Å²) in [4.78, 5) is 0. The number of halogens is 2. The molecule has 1 saturated carbocycles. The van der Waals surface area contributed by atoms with Crippen molar-refractivity contribution in [3.63, 3.8) is 0 Å². The highest BCUT2D eigenvalue weighted by molar-refractivity contribution is 6.33. The summed E-state index contributed by atoms with van der Waals surface area (Å²) in [5.41, 5.74) is 0.644. The van der Waals surface area contributed by atoms with Crippen molar-refractivity contribution in [2.24, 2.45) is 5.41 Å². The first-order valence-corrected chi connectivity index (χ1v) is 6.44. The molecule has 0 saturated heterocycles. The normalized spacial score (nSPS) is 18.3. The van der Waals surface area contributed by atoms with Gasteiger partial charge in [-0.2, -0.15) is 0 Å². The number of hydrogen-bond donors (Lipinski definition) is 2. The van der Waals surface area contributed by atoms with Gasteiger partial charge in [0.2, 0.25) is 0 Å². The third-order valence-electron chi connectivity index (χ3n) is 3.37. The van der Waals surface area contributed by atoms with Crippen molar-refractivity contribution in [1.29, 1.82) is 0 Å². The van der Waals surface area contributed by atoms with E-state index in [1.54, 1.807) is 6.07 Å². The van der Waals surface area contributed by atoms with Gasteiger partial charge in [-0.15, -0.1) is 10.2 Å². The maximum Gasteiger partial charge on any atom is 0.174 e. The second-order valence-corrected chi connectivity index (χ2v) is 5.34. The Kier molecular flexibility index (Phi) is 4.07. The molecule has 0 atom stereocenters. The summed E-state index contributed by atoms with van der Waals surface area (Å²) in [6.45, 7) is 0.884. The van der Waals surface area contributed by atoms with E-state index in [9.17, 15) is 5.11 Å². The number of rotatable bonds is 4. The summed E-state index contributed by atoms with van der Waals surface area (Å²) >= 11 is 11.7. The van der Waals surface area contributed by atoms with E-state index < -0.39 is 0 Å². The molecule has 1 aliphatic rings. The van der Waals surface area contributed by atoms with Gasteiger partial charge in [0.1, 0.15) is 0 Å². The van der Waals surface area contributed by atoms with E-state index >= 15 is 0 Å². The van der Waals surface area contributed by atoms with Crippen molar-refractivity contribution in [2.75, 3.05) is 18.5 Å². The first kappa shape index (κ1) is 12.9. The Morgan fingerprint density at radius 3 is 2.65 bits per heavy atom. The van der Waals surface area contributed by atoms with Gasteiger partial charge in [-0.05, 0) is 12.8 Å². The van der Waals surface area contributed by atoms with E-state index in [0.717, 1.165) is 12.8 Å². The summed E-state index contributed by atoms with van der Waals surface area (Å²) in [5.74, 6) is 0. The monoisotopic (exact) mass is 275 g/mol. The van der Waals surface area contributed by atoms with Gasteiger partial charge >= 0.3 is 0 Å². The van der Waals surface area contributed by atoms with Gasteiger partial charge in [0.25, 0.3) is 0 Å². The lowest BCUT2D eigenvalue weighted by Crippen LogP contribution is -2.30. The fourth-order valence-corrected chi connectivity index (χ4v) is 2.58. The first-order valence-electron chi connectivity index (χ1n) is 5.69. The van der Waals surface area contributed by atoms with Crippen molar-refractivity contribution in [3.05, 3.63) is 16.4 Å². The molecule has 2 N–H and O–H groups in total. The van der Waals surface area contributed by atoms with Crippen LogP contribution >= 0.6 is 23.2 Å². The molecule has 0 radical (unpaired) electrons. The highest BCUT2D eigenvalue weighted by Crippen LogP contribution is 2.38. The Morgan fingerprint density at radius 1 is 1.29 bits per heavy atom. The predicted octanol–water partition coefficient (Wildman–Crippen LogP) is 2.75. The molecule has 0 bridgehead atoms. The fourth-order valence-electron chi connectivity index (χ4n) is 2.28. The molecule has 6 heteroatoms. The van der Waals surface area contributed by atoms with Crippen LogP contribution in [0.25, 0.3) is 0 Å². The summed E-state index contributed by atoms with van der Waals surface area (Å²) in [7, 11) is 0. The topological polar surface area (TPSA) is 58.0 Å². The zero-order chi connectivity index (χ0) is 12.3. The maximum absolute atomic E-state index is 9.49. The standard InChI is InChI=1S/C11H15Cl2N3O/c12-9-5-8(10(13)16-15-9)14-6-11(7-17)3-1-2-4-11/h5,17H,1-4,6-7H2,(H,14,15). The molecule has 0 aliphatic heterocycles. The van der Waals surface area contributed by atoms with Crippen molar-refractivity contribution in [2.45, 2.75) is 25.7 Å². The Balaban J connectivity index is 2.03. The van der Waals surface area contributed by atoms with Crippen LogP contribution in [0.2, 0.25) is 10.3 Å².